The molecule has 2 N–H and O–H groups in total. The number of hydrogen-bond donors (Lipinski definition) is 2. The highest BCUT2D eigenvalue weighted by molar-refractivity contribution is 5.86. The zero-order valence-electron chi connectivity index (χ0n) is 24.0. The predicted octanol–water partition coefficient (Wildman–Crippen LogP) is 6.08. The molecule has 0 amide bonds. The number of carbonyl (C=O) groups excluding carboxylic acids is 1. The molecule has 0 heterocycles. The molecule has 6 saturated carbocycles. The summed E-state index contributed by atoms with van der Waals surface area (Å²) in [5.74, 6) is 2.98. The van der Waals surface area contributed by atoms with Crippen LogP contribution in [0.25, 0.3) is 0 Å². The zero-order chi connectivity index (χ0) is 26.8. The van der Waals surface area contributed by atoms with Crippen molar-refractivity contribution in [3.8, 4) is 0 Å². The van der Waals surface area contributed by atoms with Crippen molar-refractivity contribution >= 4 is 5.78 Å². The van der Waals surface area contributed by atoms with E-state index in [4.69, 9.17) is 15.1 Å². The standard InChI is InChI=1S/C31H51N5O3/c1-32-33-22-11-13-25-26-14-12-23(17-28(26)31(38)27(25)16-22)34-35-29-24-10-6-5-7-19(24)15-20(30(29)37)18-39-36-21-8-3-2-4-9-21/h19-30,36-37H,2-18H2,1H3. The normalized spacial score (nSPS) is 45.4. The van der Waals surface area contributed by atoms with E-state index in [1.807, 2.05) is 0 Å². The average Bonchev–Trinajstić information content (AvgIpc) is 3.24. The first-order valence-corrected chi connectivity index (χ1v) is 16.4. The van der Waals surface area contributed by atoms with Crippen LogP contribution in [-0.2, 0) is 9.63 Å². The molecule has 11 atom stereocenters. The summed E-state index contributed by atoms with van der Waals surface area (Å²) in [6.07, 6.45) is 17.7. The van der Waals surface area contributed by atoms with Gasteiger partial charge in [0.2, 0.25) is 0 Å². The summed E-state index contributed by atoms with van der Waals surface area (Å²) in [4.78, 5) is 19.5. The number of nitrogens with zero attached hydrogens (tertiary/aromatic N) is 4. The molecule has 0 aromatic carbocycles. The van der Waals surface area contributed by atoms with Gasteiger partial charge in [0.1, 0.15) is 11.8 Å². The first-order chi connectivity index (χ1) is 19.1. The summed E-state index contributed by atoms with van der Waals surface area (Å²) in [7, 11) is 1.74. The van der Waals surface area contributed by atoms with Gasteiger partial charge in [0.25, 0.3) is 0 Å². The second-order valence-electron chi connectivity index (χ2n) is 13.9. The van der Waals surface area contributed by atoms with Crippen molar-refractivity contribution in [1.29, 1.82) is 0 Å². The number of hydroxylamine groups is 1. The molecule has 218 valence electrons. The van der Waals surface area contributed by atoms with Crippen molar-refractivity contribution in [3.63, 3.8) is 0 Å². The lowest BCUT2D eigenvalue weighted by Crippen LogP contribution is -2.50. The fourth-order valence-corrected chi connectivity index (χ4v) is 9.70. The molecule has 6 aliphatic carbocycles. The predicted molar refractivity (Wildman–Crippen MR) is 149 cm³/mol. The molecule has 0 spiro atoms. The molecule has 0 bridgehead atoms. The van der Waals surface area contributed by atoms with Crippen LogP contribution in [-0.4, -0.2) is 54.8 Å². The molecule has 0 aliphatic heterocycles. The van der Waals surface area contributed by atoms with Gasteiger partial charge < -0.3 is 9.94 Å². The molecule has 0 radical (unpaired) electrons. The molecule has 6 aliphatic rings. The van der Waals surface area contributed by atoms with Crippen LogP contribution in [0.1, 0.15) is 103 Å². The summed E-state index contributed by atoms with van der Waals surface area (Å²) in [5.41, 5.74) is 3.31. The Balaban J connectivity index is 1.08. The number of carbonyl (C=O) groups is 1. The van der Waals surface area contributed by atoms with Gasteiger partial charge in [-0.1, -0.05) is 38.5 Å². The van der Waals surface area contributed by atoms with Crippen LogP contribution >= 0.6 is 0 Å². The highest BCUT2D eigenvalue weighted by Crippen LogP contribution is 2.53. The summed E-state index contributed by atoms with van der Waals surface area (Å²) < 4.78 is 0. The van der Waals surface area contributed by atoms with Crippen molar-refractivity contribution in [2.45, 2.75) is 133 Å². The van der Waals surface area contributed by atoms with Gasteiger partial charge in [-0.3, -0.25) is 4.79 Å². The molecule has 0 aromatic rings. The molecule has 39 heavy (non-hydrogen) atoms. The highest BCUT2D eigenvalue weighted by Gasteiger charge is 2.53. The smallest absolute Gasteiger partial charge is 0.139 e. The molecule has 6 rings (SSSR count). The van der Waals surface area contributed by atoms with E-state index in [2.05, 4.69) is 15.7 Å². The first-order valence-electron chi connectivity index (χ1n) is 16.4. The number of nitrogens with one attached hydrogen (secondary N) is 1. The number of hydrogen-bond acceptors (Lipinski definition) is 8. The Morgan fingerprint density at radius 2 is 1.44 bits per heavy atom. The number of fused-ring (bicyclic) bond motifs is 4. The van der Waals surface area contributed by atoms with Crippen LogP contribution in [0.4, 0.5) is 0 Å². The van der Waals surface area contributed by atoms with E-state index in [1.54, 1.807) is 7.05 Å². The van der Waals surface area contributed by atoms with Crippen LogP contribution in [0.2, 0.25) is 0 Å². The van der Waals surface area contributed by atoms with Crippen molar-refractivity contribution in [2.24, 2.45) is 61.9 Å². The van der Waals surface area contributed by atoms with Crippen LogP contribution in [0.3, 0.4) is 0 Å². The van der Waals surface area contributed by atoms with E-state index >= 15 is 0 Å². The van der Waals surface area contributed by atoms with Gasteiger partial charge in [-0.15, -0.1) is 0 Å². The van der Waals surface area contributed by atoms with Gasteiger partial charge in [-0.05, 0) is 87.9 Å². The van der Waals surface area contributed by atoms with Crippen LogP contribution < -0.4 is 5.48 Å². The van der Waals surface area contributed by atoms with Gasteiger partial charge in [0, 0.05) is 30.8 Å². The molecule has 8 heteroatoms. The number of aliphatic hydroxyl groups is 1. The molecule has 0 aromatic heterocycles. The van der Waals surface area contributed by atoms with Gasteiger partial charge >= 0.3 is 0 Å². The van der Waals surface area contributed by atoms with Gasteiger partial charge in [-0.2, -0.15) is 25.9 Å². The summed E-state index contributed by atoms with van der Waals surface area (Å²) in [6.45, 7) is 0.552. The minimum absolute atomic E-state index is 0.105. The molecule has 8 nitrogen and oxygen atoms in total. The Morgan fingerprint density at radius 1 is 0.769 bits per heavy atom. The Bertz CT molecular complexity index is 891. The summed E-state index contributed by atoms with van der Waals surface area (Å²) in [6, 6.07) is 0.658. The van der Waals surface area contributed by atoms with Crippen molar-refractivity contribution < 1.29 is 14.7 Å². The first kappa shape index (κ1) is 27.9. The van der Waals surface area contributed by atoms with E-state index in [-0.39, 0.29) is 35.9 Å². The third kappa shape index (κ3) is 6.04. The molecule has 11 unspecified atom stereocenters. The number of ketones is 1. The quantitative estimate of drug-likeness (QED) is 0.301. The lowest BCUT2D eigenvalue weighted by molar-refractivity contribution is -0.125. The Labute approximate surface area is 234 Å². The van der Waals surface area contributed by atoms with E-state index in [9.17, 15) is 9.90 Å². The lowest BCUT2D eigenvalue weighted by atomic mass is 9.64. The average molecular weight is 542 g/mol. The van der Waals surface area contributed by atoms with Crippen molar-refractivity contribution in [1.82, 2.24) is 5.48 Å². The zero-order valence-corrected chi connectivity index (χ0v) is 24.0. The maximum absolute atomic E-state index is 13.5. The van der Waals surface area contributed by atoms with Gasteiger partial charge in [0.15, 0.2) is 0 Å². The fraction of sp³-hybridized carbons (Fsp3) is 0.968. The number of Topliss-reactive ketones (excluding diaryl/α,β-unsaturated/α-hetero) is 1. The summed E-state index contributed by atoms with van der Waals surface area (Å²) >= 11 is 0. The molecular formula is C31H51N5O3. The van der Waals surface area contributed by atoms with E-state index < -0.39 is 6.10 Å². The second-order valence-corrected chi connectivity index (χ2v) is 13.9. The highest BCUT2D eigenvalue weighted by atomic mass is 16.6. The topological polar surface area (TPSA) is 108 Å². The van der Waals surface area contributed by atoms with E-state index in [0.29, 0.717) is 42.1 Å². The Morgan fingerprint density at radius 3 is 2.15 bits per heavy atom. The van der Waals surface area contributed by atoms with Crippen molar-refractivity contribution in [2.75, 3.05) is 13.7 Å². The molecule has 0 saturated heterocycles. The number of azo groups is 2. The lowest BCUT2D eigenvalue weighted by Gasteiger charge is -2.45. The largest absolute Gasteiger partial charge is 0.390 e. The SMILES string of the molecule is CN=NC1CCC2C(C1)C(=O)C1CC(N=NC3C(O)C(CONC4CCCCC4)CC4CCCCC43)CCC12. The van der Waals surface area contributed by atoms with Crippen LogP contribution in [0.15, 0.2) is 20.5 Å². The van der Waals surface area contributed by atoms with Crippen LogP contribution in [0.5, 0.6) is 0 Å². The van der Waals surface area contributed by atoms with E-state index in [1.165, 1.54) is 51.4 Å². The molecule has 6 fully saturated rings. The van der Waals surface area contributed by atoms with E-state index in [0.717, 1.165) is 51.4 Å². The molecular weight excluding hydrogens is 490 g/mol. The fourth-order valence-electron chi connectivity index (χ4n) is 9.70. The summed E-state index contributed by atoms with van der Waals surface area (Å²) in [5, 5.41) is 29.8. The monoisotopic (exact) mass is 541 g/mol. The minimum atomic E-state index is -0.502. The number of rotatable bonds is 7. The van der Waals surface area contributed by atoms with Gasteiger partial charge in [0.05, 0.1) is 24.8 Å². The Kier molecular flexibility index (Phi) is 9.10. The number of aliphatic hydroxyl groups excluding tert-OH is 1. The minimum Gasteiger partial charge on any atom is -0.390 e. The Hall–Kier alpha value is -1.25. The third-order valence-corrected chi connectivity index (χ3v) is 11.7. The maximum Gasteiger partial charge on any atom is 0.139 e. The third-order valence-electron chi connectivity index (χ3n) is 11.7. The van der Waals surface area contributed by atoms with Crippen molar-refractivity contribution in [3.05, 3.63) is 0 Å². The van der Waals surface area contributed by atoms with Gasteiger partial charge in [-0.25, -0.2) is 0 Å². The maximum atomic E-state index is 13.5. The van der Waals surface area contributed by atoms with Crippen LogP contribution in [0, 0.1) is 41.4 Å². The second kappa shape index (κ2) is 12.7.